The Kier molecular flexibility index (Phi) is 3.10. The molecular formula is C15H15N3O2. The molecule has 5 nitrogen and oxygen atoms in total. The van der Waals surface area contributed by atoms with Crippen LogP contribution in [0.3, 0.4) is 0 Å². The van der Waals surface area contributed by atoms with Crippen LogP contribution in [0.5, 0.6) is 0 Å². The molecule has 2 aromatic rings. The molecule has 1 aromatic heterocycles. The number of para-hydroxylation sites is 2. The number of hydrogen-bond acceptors (Lipinski definition) is 3. The van der Waals surface area contributed by atoms with Crippen LogP contribution in [0.15, 0.2) is 41.2 Å². The Morgan fingerprint density at radius 1 is 1.45 bits per heavy atom. The quantitative estimate of drug-likeness (QED) is 0.844. The summed E-state index contributed by atoms with van der Waals surface area (Å²) < 4.78 is 0. The molecule has 1 atom stereocenters. The van der Waals surface area contributed by atoms with Crippen molar-refractivity contribution in [3.63, 3.8) is 0 Å². The summed E-state index contributed by atoms with van der Waals surface area (Å²) in [4.78, 5) is 33.1. The number of nitrogens with one attached hydrogen (secondary N) is 1. The van der Waals surface area contributed by atoms with Gasteiger partial charge in [0.25, 0.3) is 11.5 Å². The molecule has 0 saturated heterocycles. The summed E-state index contributed by atoms with van der Waals surface area (Å²) in [6.45, 7) is 2.55. The molecule has 1 aliphatic heterocycles. The highest BCUT2D eigenvalue weighted by atomic mass is 16.2. The van der Waals surface area contributed by atoms with Crippen molar-refractivity contribution < 1.29 is 4.79 Å². The predicted molar refractivity (Wildman–Crippen MR) is 76.6 cm³/mol. The number of fused-ring (bicyclic) bond motifs is 1. The van der Waals surface area contributed by atoms with E-state index in [0.29, 0.717) is 17.6 Å². The highest BCUT2D eigenvalue weighted by Gasteiger charge is 2.27. The van der Waals surface area contributed by atoms with Gasteiger partial charge in [0.1, 0.15) is 0 Å². The van der Waals surface area contributed by atoms with Crippen LogP contribution in [0, 0.1) is 0 Å². The van der Waals surface area contributed by atoms with Crippen LogP contribution in [0.1, 0.15) is 23.8 Å². The minimum Gasteiger partial charge on any atom is -0.327 e. The van der Waals surface area contributed by atoms with Gasteiger partial charge in [-0.25, -0.2) is 4.98 Å². The summed E-state index contributed by atoms with van der Waals surface area (Å²) in [5.41, 5.74) is 0.789. The maximum absolute atomic E-state index is 12.5. The third kappa shape index (κ3) is 2.01. The second kappa shape index (κ2) is 4.92. The number of nitrogens with zero attached hydrogens (tertiary/aromatic N) is 2. The molecule has 5 heteroatoms. The molecule has 1 unspecified atom stereocenters. The van der Waals surface area contributed by atoms with E-state index in [-0.39, 0.29) is 17.6 Å². The number of aromatic amines is 1. The second-order valence-electron chi connectivity index (χ2n) is 4.79. The topological polar surface area (TPSA) is 66.1 Å². The van der Waals surface area contributed by atoms with E-state index < -0.39 is 5.56 Å². The maximum atomic E-state index is 12.5. The van der Waals surface area contributed by atoms with Crippen LogP contribution in [-0.2, 0) is 0 Å². The fraction of sp³-hybridized carbons (Fsp3) is 0.267. The van der Waals surface area contributed by atoms with Crippen molar-refractivity contribution in [3.05, 3.63) is 52.5 Å². The number of carbonyl (C=O) groups excluding carboxylic acids is 1. The van der Waals surface area contributed by atoms with Crippen LogP contribution < -0.4 is 5.56 Å². The van der Waals surface area contributed by atoms with Gasteiger partial charge in [-0.1, -0.05) is 31.2 Å². The zero-order valence-electron chi connectivity index (χ0n) is 11.2. The Morgan fingerprint density at radius 2 is 2.25 bits per heavy atom. The van der Waals surface area contributed by atoms with Gasteiger partial charge in [0, 0.05) is 6.54 Å². The van der Waals surface area contributed by atoms with Gasteiger partial charge >= 0.3 is 0 Å². The van der Waals surface area contributed by atoms with Gasteiger partial charge in [0.05, 0.1) is 17.1 Å². The predicted octanol–water partition coefficient (Wildman–Crippen LogP) is 1.71. The SMILES string of the molecule is CCC1C=CCN1C(=O)c1nc2ccccc2[nH]c1=O. The van der Waals surface area contributed by atoms with E-state index in [1.54, 1.807) is 17.0 Å². The van der Waals surface area contributed by atoms with E-state index in [0.717, 1.165) is 6.42 Å². The number of carbonyl (C=O) groups is 1. The van der Waals surface area contributed by atoms with Gasteiger partial charge in [-0.05, 0) is 18.6 Å². The van der Waals surface area contributed by atoms with E-state index in [9.17, 15) is 9.59 Å². The third-order valence-electron chi connectivity index (χ3n) is 3.54. The van der Waals surface area contributed by atoms with Crippen LogP contribution in [0.25, 0.3) is 11.0 Å². The van der Waals surface area contributed by atoms with Crippen molar-refractivity contribution in [2.75, 3.05) is 6.54 Å². The summed E-state index contributed by atoms with van der Waals surface area (Å²) in [7, 11) is 0. The first-order valence-corrected chi connectivity index (χ1v) is 6.67. The Hall–Kier alpha value is -2.43. The molecule has 0 spiro atoms. The Balaban J connectivity index is 2.03. The smallest absolute Gasteiger partial charge is 0.280 e. The normalized spacial score (nSPS) is 17.9. The number of H-pyrrole nitrogens is 1. The first-order chi connectivity index (χ1) is 9.70. The van der Waals surface area contributed by atoms with E-state index in [1.165, 1.54) is 0 Å². The van der Waals surface area contributed by atoms with Gasteiger partial charge in [-0.2, -0.15) is 0 Å². The second-order valence-corrected chi connectivity index (χ2v) is 4.79. The van der Waals surface area contributed by atoms with Crippen molar-refractivity contribution in [3.8, 4) is 0 Å². The molecule has 0 bridgehead atoms. The third-order valence-corrected chi connectivity index (χ3v) is 3.54. The first-order valence-electron chi connectivity index (χ1n) is 6.67. The minimum absolute atomic E-state index is 0.0362. The van der Waals surface area contributed by atoms with E-state index >= 15 is 0 Å². The molecule has 0 radical (unpaired) electrons. The molecule has 1 amide bonds. The summed E-state index contributed by atoms with van der Waals surface area (Å²) in [6.07, 6.45) is 4.77. The zero-order chi connectivity index (χ0) is 14.1. The summed E-state index contributed by atoms with van der Waals surface area (Å²) >= 11 is 0. The standard InChI is InChI=1S/C15H15N3O2/c1-2-10-6-5-9-18(10)15(20)13-14(19)17-12-8-4-3-7-11(12)16-13/h3-8,10H,2,9H2,1H3,(H,17,19). The number of rotatable bonds is 2. The highest BCUT2D eigenvalue weighted by Crippen LogP contribution is 2.15. The Bertz CT molecular complexity index is 748. The molecule has 2 heterocycles. The van der Waals surface area contributed by atoms with Gasteiger partial charge in [-0.3, -0.25) is 9.59 Å². The van der Waals surface area contributed by atoms with E-state index in [2.05, 4.69) is 9.97 Å². The minimum atomic E-state index is -0.435. The summed E-state index contributed by atoms with van der Waals surface area (Å²) in [5, 5.41) is 0. The van der Waals surface area contributed by atoms with Crippen LogP contribution in [0.2, 0.25) is 0 Å². The van der Waals surface area contributed by atoms with Gasteiger partial charge in [0.15, 0.2) is 5.69 Å². The molecule has 0 fully saturated rings. The van der Waals surface area contributed by atoms with Gasteiger partial charge < -0.3 is 9.88 Å². The van der Waals surface area contributed by atoms with E-state index in [4.69, 9.17) is 0 Å². The molecule has 3 rings (SSSR count). The zero-order valence-corrected chi connectivity index (χ0v) is 11.2. The number of amides is 1. The van der Waals surface area contributed by atoms with E-state index in [1.807, 2.05) is 31.2 Å². The molecule has 0 saturated carbocycles. The molecule has 102 valence electrons. The number of aromatic nitrogens is 2. The molecule has 20 heavy (non-hydrogen) atoms. The largest absolute Gasteiger partial charge is 0.327 e. The molecule has 1 N–H and O–H groups in total. The molecular weight excluding hydrogens is 254 g/mol. The molecule has 1 aromatic carbocycles. The average Bonchev–Trinajstić information content (AvgIpc) is 2.94. The lowest BCUT2D eigenvalue weighted by atomic mass is 10.2. The van der Waals surface area contributed by atoms with Crippen molar-refractivity contribution in [2.45, 2.75) is 19.4 Å². The lowest BCUT2D eigenvalue weighted by Crippen LogP contribution is -2.39. The van der Waals surface area contributed by atoms with Gasteiger partial charge in [-0.15, -0.1) is 0 Å². The van der Waals surface area contributed by atoms with Crippen LogP contribution in [0.4, 0.5) is 0 Å². The van der Waals surface area contributed by atoms with Crippen molar-refractivity contribution in [2.24, 2.45) is 0 Å². The maximum Gasteiger partial charge on any atom is 0.280 e. The first kappa shape index (κ1) is 12.6. The van der Waals surface area contributed by atoms with Crippen LogP contribution >= 0.6 is 0 Å². The van der Waals surface area contributed by atoms with Crippen molar-refractivity contribution >= 4 is 16.9 Å². The Morgan fingerprint density at radius 3 is 3.05 bits per heavy atom. The van der Waals surface area contributed by atoms with Gasteiger partial charge in [0.2, 0.25) is 0 Å². The number of hydrogen-bond donors (Lipinski definition) is 1. The highest BCUT2D eigenvalue weighted by molar-refractivity contribution is 5.94. The lowest BCUT2D eigenvalue weighted by molar-refractivity contribution is 0.0740. The van der Waals surface area contributed by atoms with Crippen molar-refractivity contribution in [1.82, 2.24) is 14.9 Å². The monoisotopic (exact) mass is 269 g/mol. The van der Waals surface area contributed by atoms with Crippen LogP contribution in [-0.4, -0.2) is 33.4 Å². The molecule has 1 aliphatic rings. The summed E-state index contributed by atoms with van der Waals surface area (Å²) in [5.74, 6) is -0.311. The average molecular weight is 269 g/mol. The summed E-state index contributed by atoms with van der Waals surface area (Å²) in [6, 6.07) is 7.24. The number of benzene rings is 1. The Labute approximate surface area is 115 Å². The van der Waals surface area contributed by atoms with Crippen molar-refractivity contribution in [1.29, 1.82) is 0 Å². The fourth-order valence-corrected chi connectivity index (χ4v) is 2.47. The fourth-order valence-electron chi connectivity index (χ4n) is 2.47. The lowest BCUT2D eigenvalue weighted by Gasteiger charge is -2.22. The molecule has 0 aliphatic carbocycles.